The molecule has 0 aliphatic rings. The van der Waals surface area contributed by atoms with Crippen molar-refractivity contribution in [3.05, 3.63) is 65.7 Å². The first-order chi connectivity index (χ1) is 18.8. The number of likely N-dealkylation sites (N-methyl/N-ethyl adjacent to an activating group) is 1. The average molecular weight is 539 g/mol. The molecule has 2 atom stereocenters. The van der Waals surface area contributed by atoms with Gasteiger partial charge in [0.2, 0.25) is 0 Å². The number of hydrogen-bond acceptors (Lipinski definition) is 3. The summed E-state index contributed by atoms with van der Waals surface area (Å²) in [6.45, 7) is 7.22. The monoisotopic (exact) mass is 538 g/mol. The number of esters is 1. The Morgan fingerprint density at radius 2 is 1.28 bits per heavy atom. The lowest BCUT2D eigenvalue weighted by atomic mass is 10.0. The van der Waals surface area contributed by atoms with Crippen LogP contribution in [0.4, 0.5) is 0 Å². The van der Waals surface area contributed by atoms with E-state index in [0.29, 0.717) is 4.48 Å². The molecule has 0 amide bonds. The van der Waals surface area contributed by atoms with Crippen molar-refractivity contribution in [2.24, 2.45) is 0 Å². The molecule has 0 fully saturated rings. The van der Waals surface area contributed by atoms with Crippen LogP contribution in [0, 0.1) is 0 Å². The summed E-state index contributed by atoms with van der Waals surface area (Å²) >= 11 is 0. The van der Waals surface area contributed by atoms with Crippen molar-refractivity contribution < 1.29 is 18.8 Å². The van der Waals surface area contributed by atoms with Crippen molar-refractivity contribution in [1.82, 2.24) is 0 Å². The number of carbonyl (C=O) groups excluding carboxylic acids is 1. The van der Waals surface area contributed by atoms with E-state index in [1.54, 1.807) is 0 Å². The molecule has 2 unspecified atom stereocenters. The molecular formula is C35H56NO3+. The minimum atomic E-state index is -0.268. The Morgan fingerprint density at radius 1 is 0.744 bits per heavy atom. The van der Waals surface area contributed by atoms with Gasteiger partial charge in [0.15, 0.2) is 6.04 Å². The number of para-hydroxylation sites is 1. The first kappa shape index (κ1) is 32.9. The summed E-state index contributed by atoms with van der Waals surface area (Å²) in [7, 11) is 4.15. The van der Waals surface area contributed by atoms with Crippen LogP contribution in [0.25, 0.3) is 0 Å². The van der Waals surface area contributed by atoms with Crippen LogP contribution >= 0.6 is 0 Å². The van der Waals surface area contributed by atoms with Crippen molar-refractivity contribution in [1.29, 1.82) is 0 Å². The van der Waals surface area contributed by atoms with Crippen LogP contribution in [-0.2, 0) is 22.5 Å². The van der Waals surface area contributed by atoms with Gasteiger partial charge in [-0.1, -0.05) is 126 Å². The molecule has 4 heteroatoms. The van der Waals surface area contributed by atoms with E-state index in [0.717, 1.165) is 18.7 Å². The van der Waals surface area contributed by atoms with Gasteiger partial charge in [0, 0.05) is 5.56 Å². The van der Waals surface area contributed by atoms with Crippen molar-refractivity contribution in [2.75, 3.05) is 20.7 Å². The van der Waals surface area contributed by atoms with Crippen molar-refractivity contribution in [2.45, 2.75) is 123 Å². The topological polar surface area (TPSA) is 35.5 Å². The molecule has 4 nitrogen and oxygen atoms in total. The lowest BCUT2D eigenvalue weighted by molar-refractivity contribution is -0.917. The number of benzene rings is 2. The molecule has 0 heterocycles. The molecular weight excluding hydrogens is 482 g/mol. The van der Waals surface area contributed by atoms with Gasteiger partial charge in [-0.2, -0.15) is 0 Å². The summed E-state index contributed by atoms with van der Waals surface area (Å²) in [4.78, 5) is 12.8. The fraction of sp³-hybridized carbons (Fsp3) is 0.629. The highest BCUT2D eigenvalue weighted by atomic mass is 16.6. The summed E-state index contributed by atoms with van der Waals surface area (Å²) in [6.07, 6.45) is 17.1. The number of carbonyl (C=O) groups is 1. The molecule has 0 spiro atoms. The molecule has 0 saturated carbocycles. The summed E-state index contributed by atoms with van der Waals surface area (Å²) < 4.78 is 12.5. The van der Waals surface area contributed by atoms with E-state index in [9.17, 15) is 4.79 Å². The van der Waals surface area contributed by atoms with E-state index in [-0.39, 0.29) is 24.7 Å². The Labute approximate surface area is 239 Å². The van der Waals surface area contributed by atoms with Crippen LogP contribution in [0.15, 0.2) is 54.6 Å². The van der Waals surface area contributed by atoms with E-state index < -0.39 is 0 Å². The predicted octanol–water partition coefficient (Wildman–Crippen LogP) is 8.91. The standard InChI is InChI=1S/C35H56NO3/c1-6-7-8-9-10-11-12-13-14-15-16-20-25-33-26-21-22-27-34(33)39-30(2)29-38-35(37)31(3)36(4,5)28-32-23-18-17-19-24-32/h17-19,21-24,26-27,30-31H,6-16,20,25,28-29H2,1-5H3/q+1. The number of nitrogens with zero attached hydrogens (tertiary/aromatic N) is 1. The number of hydrogen-bond donors (Lipinski definition) is 0. The van der Waals surface area contributed by atoms with Crippen molar-refractivity contribution >= 4 is 5.97 Å². The maximum absolute atomic E-state index is 12.8. The lowest BCUT2D eigenvalue weighted by Gasteiger charge is -2.34. The summed E-state index contributed by atoms with van der Waals surface area (Å²) in [5.74, 6) is 0.730. The van der Waals surface area contributed by atoms with Gasteiger partial charge in [-0.15, -0.1) is 0 Å². The number of quaternary nitrogens is 1. The molecule has 0 bridgehead atoms. The third kappa shape index (κ3) is 13.5. The maximum atomic E-state index is 12.8. The van der Waals surface area contributed by atoms with Crippen LogP contribution in [0.5, 0.6) is 5.75 Å². The lowest BCUT2D eigenvalue weighted by Crippen LogP contribution is -2.51. The largest absolute Gasteiger partial charge is 0.487 e. The summed E-state index contributed by atoms with van der Waals surface area (Å²) in [5.41, 5.74) is 2.46. The Morgan fingerprint density at radius 3 is 1.90 bits per heavy atom. The number of rotatable bonds is 21. The van der Waals surface area contributed by atoms with Crippen LogP contribution in [0.3, 0.4) is 0 Å². The fourth-order valence-electron chi connectivity index (χ4n) is 5.03. The zero-order valence-electron chi connectivity index (χ0n) is 25.6. The molecule has 0 radical (unpaired) electrons. The molecule has 0 N–H and O–H groups in total. The minimum absolute atomic E-state index is 0.184. The van der Waals surface area contributed by atoms with Crippen molar-refractivity contribution in [3.63, 3.8) is 0 Å². The smallest absolute Gasteiger partial charge is 0.364 e. The Kier molecular flexibility index (Phi) is 15.9. The molecule has 2 aromatic rings. The summed E-state index contributed by atoms with van der Waals surface area (Å²) in [5, 5.41) is 0. The van der Waals surface area contributed by atoms with E-state index in [1.807, 2.05) is 44.2 Å². The summed E-state index contributed by atoms with van der Waals surface area (Å²) in [6, 6.07) is 18.3. The van der Waals surface area contributed by atoms with Gasteiger partial charge in [-0.25, -0.2) is 4.79 Å². The second kappa shape index (κ2) is 18.9. The first-order valence-electron chi connectivity index (χ1n) is 15.6. The average Bonchev–Trinajstić information content (AvgIpc) is 2.93. The van der Waals surface area contributed by atoms with Crippen LogP contribution < -0.4 is 4.74 Å². The molecule has 2 aromatic carbocycles. The molecule has 218 valence electrons. The van der Waals surface area contributed by atoms with Gasteiger partial charge < -0.3 is 14.0 Å². The Bertz CT molecular complexity index is 911. The van der Waals surface area contributed by atoms with E-state index in [2.05, 4.69) is 45.3 Å². The van der Waals surface area contributed by atoms with Gasteiger partial charge in [0.05, 0.1) is 14.1 Å². The Balaban J connectivity index is 1.66. The Hall–Kier alpha value is -2.33. The fourth-order valence-corrected chi connectivity index (χ4v) is 5.03. The van der Waals surface area contributed by atoms with Gasteiger partial charge in [0.25, 0.3) is 0 Å². The molecule has 39 heavy (non-hydrogen) atoms. The van der Waals surface area contributed by atoms with E-state index >= 15 is 0 Å². The normalized spacial score (nSPS) is 13.2. The maximum Gasteiger partial charge on any atom is 0.364 e. The highest BCUT2D eigenvalue weighted by Gasteiger charge is 2.32. The van der Waals surface area contributed by atoms with Gasteiger partial charge in [0.1, 0.15) is 25.0 Å². The molecule has 0 aliphatic heterocycles. The zero-order valence-corrected chi connectivity index (χ0v) is 25.6. The van der Waals surface area contributed by atoms with Crippen LogP contribution in [0.2, 0.25) is 0 Å². The number of unbranched alkanes of at least 4 members (excludes halogenated alkanes) is 11. The predicted molar refractivity (Wildman–Crippen MR) is 164 cm³/mol. The molecule has 0 aliphatic carbocycles. The second-order valence-corrected chi connectivity index (χ2v) is 11.9. The minimum Gasteiger partial charge on any atom is -0.487 e. The van der Waals surface area contributed by atoms with Crippen molar-refractivity contribution in [3.8, 4) is 5.75 Å². The van der Waals surface area contributed by atoms with E-state index in [1.165, 1.54) is 88.2 Å². The molecule has 2 rings (SSSR count). The third-order valence-corrected chi connectivity index (χ3v) is 7.88. The highest BCUT2D eigenvalue weighted by Crippen LogP contribution is 2.23. The van der Waals surface area contributed by atoms with Crippen LogP contribution in [0.1, 0.15) is 109 Å². The quantitative estimate of drug-likeness (QED) is 0.0904. The first-order valence-corrected chi connectivity index (χ1v) is 15.6. The van der Waals surface area contributed by atoms with Gasteiger partial charge in [-0.3, -0.25) is 0 Å². The number of aryl methyl sites for hydroxylation is 1. The van der Waals surface area contributed by atoms with Crippen LogP contribution in [-0.4, -0.2) is 43.3 Å². The number of ether oxygens (including phenoxy) is 2. The SMILES string of the molecule is CCCCCCCCCCCCCCc1ccccc1OC(C)COC(=O)C(C)[N+](C)(C)Cc1ccccc1. The van der Waals surface area contributed by atoms with Gasteiger partial charge in [-0.05, 0) is 38.3 Å². The molecule has 0 saturated heterocycles. The molecule has 0 aromatic heterocycles. The third-order valence-electron chi connectivity index (χ3n) is 7.88. The van der Waals surface area contributed by atoms with E-state index in [4.69, 9.17) is 9.47 Å². The second-order valence-electron chi connectivity index (χ2n) is 11.9. The highest BCUT2D eigenvalue weighted by molar-refractivity contribution is 5.74. The zero-order chi connectivity index (χ0) is 28.3. The van der Waals surface area contributed by atoms with Gasteiger partial charge >= 0.3 is 5.97 Å².